The molecule has 92 valence electrons. The number of rotatable bonds is 3. The second-order valence-electron chi connectivity index (χ2n) is 5.82. The summed E-state index contributed by atoms with van der Waals surface area (Å²) in [6, 6.07) is 0.339. The number of carbonyl (C=O) groups is 1. The van der Waals surface area contributed by atoms with Gasteiger partial charge in [0.1, 0.15) is 0 Å². The summed E-state index contributed by atoms with van der Waals surface area (Å²) in [6.07, 6.45) is 2.58. The molecule has 1 amide bonds. The first-order chi connectivity index (χ1) is 7.50. The zero-order valence-electron chi connectivity index (χ0n) is 10.2. The van der Waals surface area contributed by atoms with Gasteiger partial charge in [0.2, 0.25) is 5.91 Å². The Kier molecular flexibility index (Phi) is 2.97. The first-order valence-corrected chi connectivity index (χ1v) is 6.09. The van der Waals surface area contributed by atoms with E-state index in [2.05, 4.69) is 19.2 Å². The van der Waals surface area contributed by atoms with E-state index in [1.54, 1.807) is 0 Å². The maximum atomic E-state index is 12.2. The van der Waals surface area contributed by atoms with Gasteiger partial charge in [-0.15, -0.1) is 0 Å². The molecule has 1 aliphatic carbocycles. The molecule has 1 unspecified atom stereocenters. The monoisotopic (exact) mass is 226 g/mol. The molecule has 2 aliphatic rings. The predicted octanol–water partition coefficient (Wildman–Crippen LogP) is 0.657. The van der Waals surface area contributed by atoms with Crippen molar-refractivity contribution >= 4 is 5.91 Å². The van der Waals surface area contributed by atoms with Crippen LogP contribution < -0.4 is 11.1 Å². The molecule has 0 radical (unpaired) electrons. The average Bonchev–Trinajstić information content (AvgIpc) is 2.87. The molecule has 1 saturated carbocycles. The maximum Gasteiger partial charge on any atom is 0.227 e. The number of ether oxygens (including phenoxy) is 1. The summed E-state index contributed by atoms with van der Waals surface area (Å²) in [4.78, 5) is 12.2. The molecule has 2 fully saturated rings. The fraction of sp³-hybridized carbons (Fsp3) is 0.917. The minimum Gasteiger partial charge on any atom is -0.381 e. The lowest BCUT2D eigenvalue weighted by atomic mass is 9.79. The molecule has 1 heterocycles. The summed E-state index contributed by atoms with van der Waals surface area (Å²) < 4.78 is 5.30. The largest absolute Gasteiger partial charge is 0.381 e. The Labute approximate surface area is 96.9 Å². The van der Waals surface area contributed by atoms with Crippen LogP contribution in [-0.4, -0.2) is 31.7 Å². The van der Waals surface area contributed by atoms with E-state index in [4.69, 9.17) is 10.5 Å². The van der Waals surface area contributed by atoms with Crippen LogP contribution in [0.1, 0.15) is 33.1 Å². The molecule has 2 rings (SSSR count). The highest BCUT2D eigenvalue weighted by molar-refractivity contribution is 5.83. The van der Waals surface area contributed by atoms with E-state index in [-0.39, 0.29) is 16.7 Å². The highest BCUT2D eigenvalue weighted by Gasteiger charge is 2.49. The van der Waals surface area contributed by atoms with E-state index in [0.29, 0.717) is 25.8 Å². The van der Waals surface area contributed by atoms with Crippen molar-refractivity contribution in [2.45, 2.75) is 39.2 Å². The van der Waals surface area contributed by atoms with Crippen LogP contribution in [0, 0.1) is 10.8 Å². The fourth-order valence-electron chi connectivity index (χ4n) is 2.31. The van der Waals surface area contributed by atoms with Crippen molar-refractivity contribution in [1.82, 2.24) is 5.32 Å². The standard InChI is InChI=1S/C12H22N2O2/c1-11(2)7-9(11)14-10(15)12(8-13)3-5-16-6-4-12/h9H,3-8,13H2,1-2H3,(H,14,15). The molecular formula is C12H22N2O2. The van der Waals surface area contributed by atoms with Crippen LogP contribution in [0.25, 0.3) is 0 Å². The van der Waals surface area contributed by atoms with E-state index in [0.717, 1.165) is 19.3 Å². The van der Waals surface area contributed by atoms with Gasteiger partial charge >= 0.3 is 0 Å². The van der Waals surface area contributed by atoms with E-state index in [9.17, 15) is 4.79 Å². The number of hydrogen-bond donors (Lipinski definition) is 2. The summed E-state index contributed by atoms with van der Waals surface area (Å²) in [5.41, 5.74) is 5.68. The predicted molar refractivity (Wildman–Crippen MR) is 61.9 cm³/mol. The van der Waals surface area contributed by atoms with Gasteiger partial charge in [-0.05, 0) is 24.7 Å². The Morgan fingerprint density at radius 1 is 1.44 bits per heavy atom. The Morgan fingerprint density at radius 2 is 2.00 bits per heavy atom. The number of nitrogens with two attached hydrogens (primary N) is 1. The Hall–Kier alpha value is -0.610. The van der Waals surface area contributed by atoms with Gasteiger partial charge in [-0.2, -0.15) is 0 Å². The Bertz CT molecular complexity index is 283. The highest BCUT2D eigenvalue weighted by Crippen LogP contribution is 2.45. The van der Waals surface area contributed by atoms with Crippen molar-refractivity contribution in [3.05, 3.63) is 0 Å². The minimum atomic E-state index is -0.378. The smallest absolute Gasteiger partial charge is 0.227 e. The Morgan fingerprint density at radius 3 is 2.44 bits per heavy atom. The summed E-state index contributed by atoms with van der Waals surface area (Å²) in [5.74, 6) is 0.133. The van der Waals surface area contributed by atoms with Gasteiger partial charge in [0.05, 0.1) is 5.41 Å². The van der Waals surface area contributed by atoms with E-state index >= 15 is 0 Å². The van der Waals surface area contributed by atoms with Crippen molar-refractivity contribution < 1.29 is 9.53 Å². The molecule has 16 heavy (non-hydrogen) atoms. The van der Waals surface area contributed by atoms with Gasteiger partial charge < -0.3 is 15.8 Å². The first-order valence-electron chi connectivity index (χ1n) is 6.09. The molecular weight excluding hydrogens is 204 g/mol. The number of carbonyl (C=O) groups excluding carboxylic acids is 1. The molecule has 3 N–H and O–H groups in total. The molecule has 1 atom stereocenters. The van der Waals surface area contributed by atoms with Gasteiger partial charge in [-0.1, -0.05) is 13.8 Å². The highest BCUT2D eigenvalue weighted by atomic mass is 16.5. The number of hydrogen-bond acceptors (Lipinski definition) is 3. The first kappa shape index (κ1) is 11.9. The molecule has 4 heteroatoms. The van der Waals surface area contributed by atoms with Gasteiger partial charge in [0.25, 0.3) is 0 Å². The van der Waals surface area contributed by atoms with Gasteiger partial charge in [-0.25, -0.2) is 0 Å². The normalized spacial score (nSPS) is 30.8. The molecule has 0 aromatic heterocycles. The summed E-state index contributed by atoms with van der Waals surface area (Å²) in [6.45, 7) is 6.08. The van der Waals surface area contributed by atoms with Gasteiger partial charge in [-0.3, -0.25) is 4.79 Å². The molecule has 0 bridgehead atoms. The van der Waals surface area contributed by atoms with Crippen LogP contribution in [0.15, 0.2) is 0 Å². The molecule has 0 spiro atoms. The maximum absolute atomic E-state index is 12.2. The average molecular weight is 226 g/mol. The van der Waals surface area contributed by atoms with Crippen LogP contribution in [0.5, 0.6) is 0 Å². The van der Waals surface area contributed by atoms with E-state index in [1.165, 1.54) is 0 Å². The van der Waals surface area contributed by atoms with Crippen LogP contribution in [-0.2, 0) is 9.53 Å². The summed E-state index contributed by atoms with van der Waals surface area (Å²) >= 11 is 0. The van der Waals surface area contributed by atoms with E-state index in [1.807, 2.05) is 0 Å². The van der Waals surface area contributed by atoms with Crippen LogP contribution in [0.2, 0.25) is 0 Å². The van der Waals surface area contributed by atoms with Crippen LogP contribution >= 0.6 is 0 Å². The van der Waals surface area contributed by atoms with Crippen molar-refractivity contribution in [3.8, 4) is 0 Å². The lowest BCUT2D eigenvalue weighted by Crippen LogP contribution is -2.50. The third kappa shape index (κ3) is 2.09. The van der Waals surface area contributed by atoms with Crippen LogP contribution in [0.3, 0.4) is 0 Å². The third-order valence-electron chi connectivity index (χ3n) is 4.14. The number of nitrogens with one attached hydrogen (secondary N) is 1. The lowest BCUT2D eigenvalue weighted by Gasteiger charge is -2.34. The summed E-state index contributed by atoms with van der Waals surface area (Å²) in [7, 11) is 0. The number of amides is 1. The fourth-order valence-corrected chi connectivity index (χ4v) is 2.31. The quantitative estimate of drug-likeness (QED) is 0.743. The third-order valence-corrected chi connectivity index (χ3v) is 4.14. The molecule has 0 aromatic rings. The molecule has 1 saturated heterocycles. The topological polar surface area (TPSA) is 64.4 Å². The van der Waals surface area contributed by atoms with Crippen molar-refractivity contribution in [1.29, 1.82) is 0 Å². The van der Waals surface area contributed by atoms with Crippen molar-refractivity contribution in [2.24, 2.45) is 16.6 Å². The summed E-state index contributed by atoms with van der Waals surface area (Å²) in [5, 5.41) is 3.13. The zero-order chi connectivity index (χ0) is 11.8. The van der Waals surface area contributed by atoms with Crippen molar-refractivity contribution in [2.75, 3.05) is 19.8 Å². The Balaban J connectivity index is 1.96. The molecule has 1 aliphatic heterocycles. The SMILES string of the molecule is CC1(C)CC1NC(=O)C1(CN)CCOCC1. The second kappa shape index (κ2) is 4.00. The van der Waals surface area contributed by atoms with Gasteiger partial charge in [0, 0.05) is 25.8 Å². The van der Waals surface area contributed by atoms with Crippen molar-refractivity contribution in [3.63, 3.8) is 0 Å². The van der Waals surface area contributed by atoms with Crippen LogP contribution in [0.4, 0.5) is 0 Å². The molecule has 4 nitrogen and oxygen atoms in total. The van der Waals surface area contributed by atoms with Gasteiger partial charge in [0.15, 0.2) is 0 Å². The molecule has 0 aromatic carbocycles. The zero-order valence-corrected chi connectivity index (χ0v) is 10.2. The van der Waals surface area contributed by atoms with E-state index < -0.39 is 0 Å². The second-order valence-corrected chi connectivity index (χ2v) is 5.82. The minimum absolute atomic E-state index is 0.133. The lowest BCUT2D eigenvalue weighted by molar-refractivity contribution is -0.136.